The molecule has 0 radical (unpaired) electrons. The van der Waals surface area contributed by atoms with Gasteiger partial charge in [0.1, 0.15) is 12.4 Å². The Balaban J connectivity index is 2.16. The van der Waals surface area contributed by atoms with Crippen molar-refractivity contribution in [3.8, 4) is 11.8 Å². The minimum atomic E-state index is -0.471. The van der Waals surface area contributed by atoms with Gasteiger partial charge in [-0.05, 0) is 43.9 Å². The number of carbonyl (C=O) groups is 1. The van der Waals surface area contributed by atoms with Crippen molar-refractivity contribution in [2.24, 2.45) is 5.92 Å². The molecule has 1 saturated carbocycles. The van der Waals surface area contributed by atoms with Crippen LogP contribution < -0.4 is 5.32 Å². The number of rotatable bonds is 3. The highest BCUT2D eigenvalue weighted by Gasteiger charge is 2.25. The van der Waals surface area contributed by atoms with Crippen molar-refractivity contribution in [1.29, 1.82) is 0 Å². The Morgan fingerprint density at radius 3 is 2.90 bits per heavy atom. The molecule has 0 aromatic heterocycles. The molecule has 2 N–H and O–H groups in total. The molecule has 0 aliphatic heterocycles. The summed E-state index contributed by atoms with van der Waals surface area (Å²) in [4.78, 5) is 12.2. The lowest BCUT2D eigenvalue weighted by Crippen LogP contribution is -2.40. The lowest BCUT2D eigenvalue weighted by Gasteiger charge is -2.31. The summed E-state index contributed by atoms with van der Waals surface area (Å²) in [5.74, 6) is 4.88. The third-order valence-electron chi connectivity index (χ3n) is 3.74. The molecule has 2 rings (SSSR count). The minimum absolute atomic E-state index is 0.0816. The highest BCUT2D eigenvalue weighted by atomic mass is 19.1. The third-order valence-corrected chi connectivity index (χ3v) is 3.74. The fraction of sp³-hybridized carbons (Fsp3) is 0.438. The van der Waals surface area contributed by atoms with E-state index >= 15 is 0 Å². The fourth-order valence-electron chi connectivity index (χ4n) is 2.29. The molecule has 20 heavy (non-hydrogen) atoms. The van der Waals surface area contributed by atoms with Crippen molar-refractivity contribution in [3.63, 3.8) is 0 Å². The Hall–Kier alpha value is -1.86. The first-order valence-corrected chi connectivity index (χ1v) is 6.82. The Kier molecular flexibility index (Phi) is 4.75. The van der Waals surface area contributed by atoms with Gasteiger partial charge in [-0.1, -0.05) is 18.3 Å². The van der Waals surface area contributed by atoms with Gasteiger partial charge in [0, 0.05) is 11.6 Å². The zero-order valence-electron chi connectivity index (χ0n) is 11.4. The average molecular weight is 275 g/mol. The largest absolute Gasteiger partial charge is 0.384 e. The van der Waals surface area contributed by atoms with Crippen molar-refractivity contribution in [2.45, 2.75) is 32.2 Å². The molecule has 0 saturated heterocycles. The van der Waals surface area contributed by atoms with Crippen molar-refractivity contribution < 1.29 is 14.3 Å². The first-order chi connectivity index (χ1) is 9.61. The van der Waals surface area contributed by atoms with E-state index in [4.69, 9.17) is 5.11 Å². The maximum atomic E-state index is 13.3. The number of hydrogen-bond donors (Lipinski definition) is 2. The summed E-state index contributed by atoms with van der Waals surface area (Å²) in [7, 11) is 0. The van der Waals surface area contributed by atoms with Crippen molar-refractivity contribution in [3.05, 3.63) is 35.1 Å². The van der Waals surface area contributed by atoms with Gasteiger partial charge in [-0.15, -0.1) is 0 Å². The number of amides is 1. The molecule has 1 aliphatic rings. The van der Waals surface area contributed by atoms with E-state index in [1.54, 1.807) is 0 Å². The molecule has 0 spiro atoms. The lowest BCUT2D eigenvalue weighted by molar-refractivity contribution is 0.0908. The number of benzene rings is 1. The van der Waals surface area contributed by atoms with Gasteiger partial charge in [0.25, 0.3) is 5.91 Å². The van der Waals surface area contributed by atoms with Crippen molar-refractivity contribution >= 4 is 5.91 Å². The summed E-state index contributed by atoms with van der Waals surface area (Å²) >= 11 is 0. The summed E-state index contributed by atoms with van der Waals surface area (Å²) in [5, 5.41) is 11.6. The van der Waals surface area contributed by atoms with Crippen molar-refractivity contribution in [1.82, 2.24) is 5.32 Å². The van der Waals surface area contributed by atoms with Crippen LogP contribution in [0.3, 0.4) is 0 Å². The van der Waals surface area contributed by atoms with Crippen LogP contribution in [0.1, 0.15) is 42.1 Å². The zero-order valence-corrected chi connectivity index (χ0v) is 11.4. The van der Waals surface area contributed by atoms with Gasteiger partial charge in [-0.25, -0.2) is 4.39 Å². The molecule has 1 aromatic rings. The van der Waals surface area contributed by atoms with Gasteiger partial charge in [-0.3, -0.25) is 4.79 Å². The number of hydrogen-bond acceptors (Lipinski definition) is 2. The lowest BCUT2D eigenvalue weighted by atomic mass is 9.80. The molecule has 1 amide bonds. The molecule has 0 heterocycles. The maximum absolute atomic E-state index is 13.3. The van der Waals surface area contributed by atoms with Gasteiger partial charge in [0.05, 0.1) is 5.56 Å². The molecule has 1 fully saturated rings. The predicted octanol–water partition coefficient (Wildman–Crippen LogP) is 2.09. The molecule has 106 valence electrons. The van der Waals surface area contributed by atoms with Gasteiger partial charge in [0.2, 0.25) is 0 Å². The topological polar surface area (TPSA) is 49.3 Å². The monoisotopic (exact) mass is 275 g/mol. The van der Waals surface area contributed by atoms with Crippen LogP contribution in [0.5, 0.6) is 0 Å². The standard InChI is InChI=1S/C16H18FNO2/c1-11(12-4-2-5-12)18-16(20)15-10-14(17)8-7-13(15)6-3-9-19/h7-8,10-12,19H,2,4-5,9H2,1H3,(H,18,20). The molecular formula is C16H18FNO2. The first kappa shape index (κ1) is 14.5. The Labute approximate surface area is 118 Å². The second-order valence-corrected chi connectivity index (χ2v) is 5.10. The Bertz CT molecular complexity index is 555. The number of aliphatic hydroxyl groups excluding tert-OH is 1. The van der Waals surface area contributed by atoms with E-state index < -0.39 is 5.82 Å². The summed E-state index contributed by atoms with van der Waals surface area (Å²) in [6.07, 6.45) is 3.46. The number of nitrogens with one attached hydrogen (secondary N) is 1. The van der Waals surface area contributed by atoms with Gasteiger partial charge < -0.3 is 10.4 Å². The smallest absolute Gasteiger partial charge is 0.252 e. The second kappa shape index (κ2) is 6.53. The molecule has 3 nitrogen and oxygen atoms in total. The van der Waals surface area contributed by atoms with Crippen LogP contribution >= 0.6 is 0 Å². The van der Waals surface area contributed by atoms with Crippen LogP contribution in [0.4, 0.5) is 4.39 Å². The van der Waals surface area contributed by atoms with Gasteiger partial charge in [-0.2, -0.15) is 0 Å². The van der Waals surface area contributed by atoms with E-state index in [2.05, 4.69) is 17.2 Å². The summed E-state index contributed by atoms with van der Waals surface area (Å²) in [5.41, 5.74) is 0.649. The van der Waals surface area contributed by atoms with Crippen LogP contribution in [-0.4, -0.2) is 23.7 Å². The van der Waals surface area contributed by atoms with Crippen LogP contribution in [-0.2, 0) is 0 Å². The van der Waals surface area contributed by atoms with E-state index in [1.165, 1.54) is 24.6 Å². The fourth-order valence-corrected chi connectivity index (χ4v) is 2.29. The number of carbonyl (C=O) groups excluding carboxylic acids is 1. The summed E-state index contributed by atoms with van der Waals surface area (Å²) in [6, 6.07) is 3.98. The molecule has 1 atom stereocenters. The average Bonchev–Trinajstić information content (AvgIpc) is 2.35. The molecule has 0 bridgehead atoms. The van der Waals surface area contributed by atoms with E-state index in [-0.39, 0.29) is 24.1 Å². The zero-order chi connectivity index (χ0) is 14.5. The first-order valence-electron chi connectivity index (χ1n) is 6.82. The van der Waals surface area contributed by atoms with Crippen LogP contribution in [0.15, 0.2) is 18.2 Å². The van der Waals surface area contributed by atoms with Gasteiger partial charge >= 0.3 is 0 Å². The number of aliphatic hydroxyl groups is 1. The highest BCUT2D eigenvalue weighted by molar-refractivity contribution is 5.97. The minimum Gasteiger partial charge on any atom is -0.384 e. The SMILES string of the molecule is CC(NC(=O)c1cc(F)ccc1C#CCO)C1CCC1. The van der Waals surface area contributed by atoms with E-state index in [0.29, 0.717) is 11.5 Å². The van der Waals surface area contributed by atoms with E-state index in [1.807, 2.05) is 6.92 Å². The van der Waals surface area contributed by atoms with E-state index in [0.717, 1.165) is 12.8 Å². The molecular weight excluding hydrogens is 257 g/mol. The molecule has 1 aromatic carbocycles. The third kappa shape index (κ3) is 3.37. The molecule has 1 aliphatic carbocycles. The van der Waals surface area contributed by atoms with Crippen LogP contribution in [0.25, 0.3) is 0 Å². The van der Waals surface area contributed by atoms with Crippen LogP contribution in [0, 0.1) is 23.6 Å². The quantitative estimate of drug-likeness (QED) is 0.830. The Morgan fingerprint density at radius 1 is 1.55 bits per heavy atom. The Morgan fingerprint density at radius 2 is 2.30 bits per heavy atom. The molecule has 1 unspecified atom stereocenters. The normalized spacial score (nSPS) is 15.8. The second-order valence-electron chi connectivity index (χ2n) is 5.10. The number of halogens is 1. The molecule has 4 heteroatoms. The van der Waals surface area contributed by atoms with Crippen LogP contribution in [0.2, 0.25) is 0 Å². The van der Waals surface area contributed by atoms with Crippen molar-refractivity contribution in [2.75, 3.05) is 6.61 Å². The maximum Gasteiger partial charge on any atom is 0.252 e. The highest BCUT2D eigenvalue weighted by Crippen LogP contribution is 2.29. The summed E-state index contributed by atoms with van der Waals surface area (Å²) in [6.45, 7) is 1.68. The van der Waals surface area contributed by atoms with Gasteiger partial charge in [0.15, 0.2) is 0 Å². The predicted molar refractivity (Wildman–Crippen MR) is 74.6 cm³/mol. The van der Waals surface area contributed by atoms with E-state index in [9.17, 15) is 9.18 Å². The summed E-state index contributed by atoms with van der Waals surface area (Å²) < 4.78 is 13.3.